The summed E-state index contributed by atoms with van der Waals surface area (Å²) in [5.74, 6) is 0.497. The van der Waals surface area contributed by atoms with Gasteiger partial charge >= 0.3 is 6.18 Å². The number of aryl methyl sites for hydroxylation is 2. The van der Waals surface area contributed by atoms with Crippen LogP contribution in [0.15, 0.2) is 42.6 Å². The maximum atomic E-state index is 13.9. The number of halogens is 3. The molecule has 3 aromatic rings. The highest BCUT2D eigenvalue weighted by Gasteiger charge is 2.35. The van der Waals surface area contributed by atoms with Crippen molar-refractivity contribution in [3.05, 3.63) is 65.0 Å². The fourth-order valence-electron chi connectivity index (χ4n) is 6.92. The van der Waals surface area contributed by atoms with Crippen molar-refractivity contribution < 1.29 is 22.7 Å². The maximum absolute atomic E-state index is 13.9. The molecule has 0 spiro atoms. The molecule has 0 radical (unpaired) electrons. The molecule has 3 aliphatic heterocycles. The molecule has 6 rings (SSSR count). The summed E-state index contributed by atoms with van der Waals surface area (Å²) < 4.78 is 47.5. The number of amides is 1. The zero-order valence-electron chi connectivity index (χ0n) is 26.7. The number of nitrogens with one attached hydrogen (secondary N) is 2. The lowest BCUT2D eigenvalue weighted by Gasteiger charge is -2.44. The van der Waals surface area contributed by atoms with Gasteiger partial charge in [-0.2, -0.15) is 13.2 Å². The molecule has 4 heterocycles. The third-order valence-electron chi connectivity index (χ3n) is 9.55. The number of hydrogen-bond acceptors (Lipinski definition) is 8. The number of ether oxygens (including phenoxy) is 1. The van der Waals surface area contributed by atoms with E-state index < -0.39 is 11.7 Å². The van der Waals surface area contributed by atoms with E-state index in [1.807, 2.05) is 24.3 Å². The Morgan fingerprint density at radius 1 is 1.04 bits per heavy atom. The first-order valence-corrected chi connectivity index (χ1v) is 16.1. The second-order valence-electron chi connectivity index (χ2n) is 12.6. The van der Waals surface area contributed by atoms with Gasteiger partial charge in [-0.1, -0.05) is 12.1 Å². The van der Waals surface area contributed by atoms with Crippen molar-refractivity contribution in [2.45, 2.75) is 64.2 Å². The number of rotatable bonds is 9. The third-order valence-corrected chi connectivity index (χ3v) is 9.55. The van der Waals surface area contributed by atoms with Crippen LogP contribution in [-0.2, 0) is 30.2 Å². The molecule has 2 aromatic carbocycles. The van der Waals surface area contributed by atoms with E-state index in [2.05, 4.69) is 49.1 Å². The zero-order chi connectivity index (χ0) is 32.4. The van der Waals surface area contributed by atoms with Crippen LogP contribution in [0.25, 0.3) is 0 Å². The number of carbonyl (C=O) groups is 1. The van der Waals surface area contributed by atoms with Crippen LogP contribution in [0.2, 0.25) is 0 Å². The quantitative estimate of drug-likeness (QED) is 0.317. The van der Waals surface area contributed by atoms with Crippen molar-refractivity contribution >= 4 is 28.9 Å². The van der Waals surface area contributed by atoms with Gasteiger partial charge in [-0.25, -0.2) is 9.97 Å². The SMILES string of the molecule is COc1cc(N2CCN(C3CCN(C(C)C)CC3)CC2)ccc1Nc1ncc(C(F)(F)F)c(CCc2cccc3c2CC(=O)N3)n1. The predicted octanol–water partition coefficient (Wildman–Crippen LogP) is 5.52. The first kappa shape index (κ1) is 32.1. The van der Waals surface area contributed by atoms with Gasteiger partial charge in [0.25, 0.3) is 0 Å². The molecule has 2 saturated heterocycles. The van der Waals surface area contributed by atoms with Crippen LogP contribution in [0.4, 0.5) is 36.2 Å². The number of aromatic nitrogens is 2. The van der Waals surface area contributed by atoms with Crippen molar-refractivity contribution in [2.75, 3.05) is 61.9 Å². The number of nitrogens with zero attached hydrogens (tertiary/aromatic N) is 5. The van der Waals surface area contributed by atoms with Crippen LogP contribution >= 0.6 is 0 Å². The number of likely N-dealkylation sites (tertiary alicyclic amines) is 1. The number of carbonyl (C=O) groups excluding carboxylic acids is 1. The Kier molecular flexibility index (Phi) is 9.37. The van der Waals surface area contributed by atoms with E-state index in [4.69, 9.17) is 4.74 Å². The Balaban J connectivity index is 1.12. The summed E-state index contributed by atoms with van der Waals surface area (Å²) in [5, 5.41) is 5.87. The summed E-state index contributed by atoms with van der Waals surface area (Å²) in [7, 11) is 1.57. The number of benzene rings is 2. The molecule has 9 nitrogen and oxygen atoms in total. The van der Waals surface area contributed by atoms with Gasteiger partial charge in [-0.15, -0.1) is 0 Å². The van der Waals surface area contributed by atoms with Crippen molar-refractivity contribution in [2.24, 2.45) is 0 Å². The average Bonchev–Trinajstić information content (AvgIpc) is 3.44. The van der Waals surface area contributed by atoms with Crippen LogP contribution in [0.3, 0.4) is 0 Å². The number of alkyl halides is 3. The van der Waals surface area contributed by atoms with E-state index in [0.717, 1.165) is 62.3 Å². The van der Waals surface area contributed by atoms with Crippen LogP contribution < -0.4 is 20.3 Å². The first-order valence-electron chi connectivity index (χ1n) is 16.1. The summed E-state index contributed by atoms with van der Waals surface area (Å²) in [5.41, 5.74) is 2.99. The minimum absolute atomic E-state index is 0.0373. The van der Waals surface area contributed by atoms with Gasteiger partial charge in [0.2, 0.25) is 11.9 Å². The molecule has 0 atom stereocenters. The Morgan fingerprint density at radius 2 is 1.80 bits per heavy atom. The molecule has 246 valence electrons. The number of fused-ring (bicyclic) bond motifs is 1. The highest BCUT2D eigenvalue weighted by Crippen LogP contribution is 2.35. The molecular formula is C34H42F3N7O2. The van der Waals surface area contributed by atoms with E-state index in [-0.39, 0.29) is 30.4 Å². The van der Waals surface area contributed by atoms with Gasteiger partial charge in [0.15, 0.2) is 0 Å². The fraction of sp³-hybridized carbons (Fsp3) is 0.500. The molecule has 12 heteroatoms. The molecule has 0 saturated carbocycles. The predicted molar refractivity (Wildman–Crippen MR) is 173 cm³/mol. The lowest BCUT2D eigenvalue weighted by Crippen LogP contribution is -2.53. The smallest absolute Gasteiger partial charge is 0.419 e. The monoisotopic (exact) mass is 637 g/mol. The molecule has 1 aromatic heterocycles. The third kappa shape index (κ3) is 7.07. The largest absolute Gasteiger partial charge is 0.494 e. The van der Waals surface area contributed by atoms with Crippen molar-refractivity contribution in [3.8, 4) is 5.75 Å². The number of piperidine rings is 1. The molecule has 46 heavy (non-hydrogen) atoms. The summed E-state index contributed by atoms with van der Waals surface area (Å²) in [4.78, 5) is 27.7. The van der Waals surface area contributed by atoms with E-state index in [1.165, 1.54) is 12.8 Å². The van der Waals surface area contributed by atoms with Crippen molar-refractivity contribution in [3.63, 3.8) is 0 Å². The van der Waals surface area contributed by atoms with E-state index in [0.29, 0.717) is 35.6 Å². The molecule has 2 N–H and O–H groups in total. The van der Waals surface area contributed by atoms with Gasteiger partial charge < -0.3 is 25.2 Å². The Bertz CT molecular complexity index is 1550. The van der Waals surface area contributed by atoms with Crippen molar-refractivity contribution in [1.82, 2.24) is 19.8 Å². The molecule has 1 amide bonds. The molecule has 3 aliphatic rings. The lowest BCUT2D eigenvalue weighted by atomic mass is 9.98. The second kappa shape index (κ2) is 13.4. The molecule has 0 aliphatic carbocycles. The molecule has 0 unspecified atom stereocenters. The van der Waals surface area contributed by atoms with Gasteiger partial charge in [-0.3, -0.25) is 9.69 Å². The normalized spacial score (nSPS) is 18.2. The summed E-state index contributed by atoms with van der Waals surface area (Å²) >= 11 is 0. The topological polar surface area (TPSA) is 85.9 Å². The number of methoxy groups -OCH3 is 1. The Labute approximate surface area is 268 Å². The van der Waals surface area contributed by atoms with Crippen molar-refractivity contribution in [1.29, 1.82) is 0 Å². The second-order valence-corrected chi connectivity index (χ2v) is 12.6. The van der Waals surface area contributed by atoms with Crippen LogP contribution in [0.1, 0.15) is 49.1 Å². The van der Waals surface area contributed by atoms with Crippen LogP contribution in [0, 0.1) is 0 Å². The fourth-order valence-corrected chi connectivity index (χ4v) is 6.92. The van der Waals surface area contributed by atoms with Gasteiger partial charge in [0.1, 0.15) is 5.75 Å². The number of hydrogen-bond donors (Lipinski definition) is 2. The zero-order valence-corrected chi connectivity index (χ0v) is 26.7. The van der Waals surface area contributed by atoms with Crippen LogP contribution in [0.5, 0.6) is 5.75 Å². The minimum Gasteiger partial charge on any atom is -0.494 e. The first-order chi connectivity index (χ1) is 22.1. The summed E-state index contributed by atoms with van der Waals surface area (Å²) in [6.45, 7) is 10.7. The summed E-state index contributed by atoms with van der Waals surface area (Å²) in [6, 6.07) is 12.5. The molecule has 2 fully saturated rings. The highest BCUT2D eigenvalue weighted by atomic mass is 19.4. The van der Waals surface area contributed by atoms with E-state index in [1.54, 1.807) is 19.2 Å². The van der Waals surface area contributed by atoms with Gasteiger partial charge in [0, 0.05) is 61.9 Å². The summed E-state index contributed by atoms with van der Waals surface area (Å²) in [6.07, 6.45) is -0.774. The van der Waals surface area contributed by atoms with E-state index >= 15 is 0 Å². The van der Waals surface area contributed by atoms with E-state index in [9.17, 15) is 18.0 Å². The number of piperazine rings is 1. The highest BCUT2D eigenvalue weighted by molar-refractivity contribution is 5.99. The molecular weight excluding hydrogens is 595 g/mol. The standard InChI is InChI=1S/C34H42F3N7O2/c1-22(2)42-13-11-24(12-14-42)43-15-17-44(18-16-43)25-8-10-30(31(19-25)46-3)41-33-38-21-27(34(35,36)37)29(40-33)9-7-23-5-4-6-28-26(23)20-32(45)39-28/h4-6,8,10,19,21-22,24H,7,9,11-18,20H2,1-3H3,(H,39,45)(H,38,40,41). The maximum Gasteiger partial charge on any atom is 0.419 e. The average molecular weight is 638 g/mol. The van der Waals surface area contributed by atoms with Crippen LogP contribution in [-0.4, -0.2) is 84.1 Å². The Hall–Kier alpha value is -3.90. The van der Waals surface area contributed by atoms with Gasteiger partial charge in [-0.05, 0) is 81.9 Å². The minimum atomic E-state index is -4.60. The molecule has 0 bridgehead atoms. The number of anilines is 4. The van der Waals surface area contributed by atoms with Gasteiger partial charge in [0.05, 0.1) is 30.5 Å². The lowest BCUT2D eigenvalue weighted by molar-refractivity contribution is -0.138. The Morgan fingerprint density at radius 3 is 2.50 bits per heavy atom.